The fraction of sp³-hybridized carbons (Fsp3) is 0.550. The molecule has 0 bridgehead atoms. The van der Waals surface area contributed by atoms with E-state index in [-0.39, 0.29) is 22.9 Å². The predicted octanol–water partition coefficient (Wildman–Crippen LogP) is 10.2. The summed E-state index contributed by atoms with van der Waals surface area (Å²) in [4.78, 5) is 18.9. The van der Waals surface area contributed by atoms with E-state index >= 15 is 0 Å². The number of nitrogens with zero attached hydrogens (tertiary/aromatic N) is 2. The molecule has 5 nitrogen and oxygen atoms in total. The van der Waals surface area contributed by atoms with Gasteiger partial charge in [-0.15, -0.1) is 0 Å². The highest BCUT2D eigenvalue weighted by Crippen LogP contribution is 2.54. The number of carbonyl (C=O) groups excluding carboxylic acids is 1. The minimum Gasteiger partial charge on any atom is -0.508 e. The number of halogens is 1. The lowest BCUT2D eigenvalue weighted by atomic mass is 9.66. The number of aromatic nitrogens is 1. The van der Waals surface area contributed by atoms with Gasteiger partial charge in [0, 0.05) is 52.5 Å². The Morgan fingerprint density at radius 3 is 2.48 bits per heavy atom. The van der Waals surface area contributed by atoms with E-state index in [2.05, 4.69) is 117 Å². The molecule has 2 aliphatic rings. The minimum absolute atomic E-state index is 0.00696. The summed E-state index contributed by atoms with van der Waals surface area (Å²) in [6, 6.07) is 18.8. The molecular weight excluding hydrogens is 636 g/mol. The predicted molar refractivity (Wildman–Crippen MR) is 193 cm³/mol. The summed E-state index contributed by atoms with van der Waals surface area (Å²) in [7, 11) is 4.22. The summed E-state index contributed by atoms with van der Waals surface area (Å²) in [5.74, 6) is 2.11. The number of benzene rings is 2. The quantitative estimate of drug-likeness (QED) is 0.203. The van der Waals surface area contributed by atoms with Crippen LogP contribution in [0.25, 0.3) is 0 Å². The van der Waals surface area contributed by atoms with Gasteiger partial charge in [0.25, 0.3) is 0 Å². The average Bonchev–Trinajstić information content (AvgIpc) is 3.00. The maximum absolute atomic E-state index is 12.1. The first-order valence-electron chi connectivity index (χ1n) is 17.2. The molecule has 0 saturated heterocycles. The van der Waals surface area contributed by atoms with Crippen molar-refractivity contribution in [3.63, 3.8) is 0 Å². The number of aromatic hydroxyl groups is 1. The molecule has 1 aliphatic heterocycles. The number of ketones is 1. The normalized spacial score (nSPS) is 19.4. The second kappa shape index (κ2) is 15.9. The number of Topliss-reactive ketones (excluding diaryl/α,β-unsaturated/α-hetero) is 1. The van der Waals surface area contributed by atoms with Crippen molar-refractivity contribution < 1.29 is 14.6 Å². The largest absolute Gasteiger partial charge is 0.508 e. The van der Waals surface area contributed by atoms with Crippen LogP contribution in [0.1, 0.15) is 127 Å². The van der Waals surface area contributed by atoms with E-state index in [1.807, 2.05) is 18.3 Å². The number of phenols is 1. The zero-order valence-electron chi connectivity index (χ0n) is 29.1. The fourth-order valence-electron chi connectivity index (χ4n) is 7.25. The number of hydrogen-bond acceptors (Lipinski definition) is 5. The van der Waals surface area contributed by atoms with E-state index < -0.39 is 0 Å². The number of ether oxygens (including phenoxy) is 1. The highest BCUT2D eigenvalue weighted by molar-refractivity contribution is 9.10. The summed E-state index contributed by atoms with van der Waals surface area (Å²) in [5.41, 5.74) is 4.14. The molecule has 3 aromatic rings. The van der Waals surface area contributed by atoms with Crippen LogP contribution in [0.2, 0.25) is 0 Å². The molecule has 0 unspecified atom stereocenters. The number of phenolic OH excluding ortho intramolecular Hbond substituents is 1. The van der Waals surface area contributed by atoms with Crippen LogP contribution in [0.15, 0.2) is 65.3 Å². The van der Waals surface area contributed by atoms with Crippen molar-refractivity contribution in [1.29, 1.82) is 0 Å². The van der Waals surface area contributed by atoms with Crippen LogP contribution in [-0.4, -0.2) is 47.0 Å². The van der Waals surface area contributed by atoms with Crippen LogP contribution in [0.4, 0.5) is 0 Å². The number of hydrogen-bond donors (Lipinski definition) is 1. The van der Waals surface area contributed by atoms with Gasteiger partial charge in [0.05, 0.1) is 0 Å². The van der Waals surface area contributed by atoms with Gasteiger partial charge in [-0.1, -0.05) is 80.6 Å². The van der Waals surface area contributed by atoms with Gasteiger partial charge in [-0.3, -0.25) is 9.78 Å². The molecule has 3 atom stereocenters. The van der Waals surface area contributed by atoms with Crippen LogP contribution >= 0.6 is 15.9 Å². The topological polar surface area (TPSA) is 62.7 Å². The molecule has 0 radical (unpaired) electrons. The third kappa shape index (κ3) is 9.22. The van der Waals surface area contributed by atoms with Crippen molar-refractivity contribution in [3.8, 4) is 11.5 Å². The van der Waals surface area contributed by atoms with Crippen LogP contribution in [0.5, 0.6) is 11.5 Å². The lowest BCUT2D eigenvalue weighted by molar-refractivity contribution is -0.124. The first kappa shape index (κ1) is 36.1. The molecular formula is C40H55BrN2O3. The lowest BCUT2D eigenvalue weighted by Gasteiger charge is -2.47. The molecule has 1 saturated carbocycles. The SMILES string of the molecule is CCCCCCC(C)(C)c1cc(O)c2c(c1)OC(C)(C)[C@@H]1CCC(=O)C[C@@H]21.CN(C)CC[C@@H](c1ccc(Br)cc1)c1ccccn1. The van der Waals surface area contributed by atoms with Gasteiger partial charge in [0.2, 0.25) is 0 Å². The number of rotatable bonds is 11. The summed E-state index contributed by atoms with van der Waals surface area (Å²) in [6.45, 7) is 12.0. The van der Waals surface area contributed by atoms with Crippen LogP contribution in [0, 0.1) is 5.92 Å². The van der Waals surface area contributed by atoms with Crippen molar-refractivity contribution in [1.82, 2.24) is 9.88 Å². The number of carbonyl (C=O) groups is 1. The Morgan fingerprint density at radius 2 is 1.83 bits per heavy atom. The first-order chi connectivity index (χ1) is 21.8. The van der Waals surface area contributed by atoms with Gasteiger partial charge in [0.1, 0.15) is 22.9 Å². The number of unbranched alkanes of at least 4 members (excludes halogenated alkanes) is 3. The zero-order chi connectivity index (χ0) is 33.5. The molecule has 1 aliphatic carbocycles. The second-order valence-corrected chi connectivity index (χ2v) is 15.7. The third-order valence-electron chi connectivity index (χ3n) is 10.0. The molecule has 46 heavy (non-hydrogen) atoms. The van der Waals surface area contributed by atoms with Gasteiger partial charge in [-0.2, -0.15) is 0 Å². The van der Waals surface area contributed by atoms with Gasteiger partial charge in [-0.05, 0) is 107 Å². The number of pyridine rings is 1. The van der Waals surface area contributed by atoms with Gasteiger partial charge in [-0.25, -0.2) is 0 Å². The summed E-state index contributed by atoms with van der Waals surface area (Å²) in [6.07, 6.45) is 11.0. The van der Waals surface area contributed by atoms with Crippen LogP contribution < -0.4 is 4.74 Å². The number of fused-ring (bicyclic) bond motifs is 3. The highest BCUT2D eigenvalue weighted by atomic mass is 79.9. The lowest BCUT2D eigenvalue weighted by Crippen LogP contribution is -2.47. The Labute approximate surface area is 286 Å². The van der Waals surface area contributed by atoms with Crippen molar-refractivity contribution in [3.05, 3.63) is 87.7 Å². The molecule has 2 aromatic carbocycles. The molecule has 1 fully saturated rings. The van der Waals surface area contributed by atoms with E-state index in [0.29, 0.717) is 30.3 Å². The molecule has 1 N–H and O–H groups in total. The smallest absolute Gasteiger partial charge is 0.133 e. The summed E-state index contributed by atoms with van der Waals surface area (Å²) < 4.78 is 7.53. The maximum Gasteiger partial charge on any atom is 0.133 e. The summed E-state index contributed by atoms with van der Waals surface area (Å²) >= 11 is 3.49. The van der Waals surface area contributed by atoms with Gasteiger partial charge in [0.15, 0.2) is 0 Å². The van der Waals surface area contributed by atoms with Crippen molar-refractivity contribution in [2.24, 2.45) is 5.92 Å². The fourth-order valence-corrected chi connectivity index (χ4v) is 7.51. The molecule has 0 spiro atoms. The highest BCUT2D eigenvalue weighted by Gasteiger charge is 2.47. The Kier molecular flexibility index (Phi) is 12.5. The van der Waals surface area contributed by atoms with E-state index in [1.54, 1.807) is 0 Å². The van der Waals surface area contributed by atoms with E-state index in [4.69, 9.17) is 4.74 Å². The van der Waals surface area contributed by atoms with Crippen molar-refractivity contribution >= 4 is 21.7 Å². The Morgan fingerprint density at radius 1 is 1.09 bits per heavy atom. The second-order valence-electron chi connectivity index (χ2n) is 14.8. The van der Waals surface area contributed by atoms with Crippen LogP contribution in [-0.2, 0) is 10.2 Å². The molecule has 6 heteroatoms. The summed E-state index contributed by atoms with van der Waals surface area (Å²) in [5, 5.41) is 10.9. The van der Waals surface area contributed by atoms with Crippen LogP contribution in [0.3, 0.4) is 0 Å². The molecule has 250 valence electrons. The third-order valence-corrected chi connectivity index (χ3v) is 10.6. The van der Waals surface area contributed by atoms with E-state index in [9.17, 15) is 9.90 Å². The average molecular weight is 692 g/mol. The Bertz CT molecular complexity index is 1420. The van der Waals surface area contributed by atoms with Gasteiger partial charge < -0.3 is 14.7 Å². The van der Waals surface area contributed by atoms with E-state index in [1.165, 1.54) is 31.2 Å². The molecule has 2 heterocycles. The monoisotopic (exact) mass is 690 g/mol. The maximum atomic E-state index is 12.1. The first-order valence-corrected chi connectivity index (χ1v) is 18.0. The Balaban J connectivity index is 0.000000222. The molecule has 0 amide bonds. The van der Waals surface area contributed by atoms with Crippen molar-refractivity contribution in [2.45, 2.75) is 115 Å². The minimum atomic E-state index is -0.311. The molecule has 1 aromatic heterocycles. The zero-order valence-corrected chi connectivity index (χ0v) is 30.7. The standard InChI is InChI=1S/C24H36O3.C16H19BrN2/c1-6-7-8-9-12-23(2,3)16-13-20(26)22-18-15-17(25)10-11-19(18)24(4,5)27-21(22)14-16;1-19(2)12-10-15(16-5-3-4-11-18-16)13-6-8-14(17)9-7-13/h13-14,18-19,26H,6-12,15H2,1-5H3;3-9,11,15H,10,12H2,1-2H3/t18-,19-;15-/m10/s1. The Hall–Kier alpha value is -2.70. The van der Waals surface area contributed by atoms with Crippen molar-refractivity contribution in [2.75, 3.05) is 20.6 Å². The van der Waals surface area contributed by atoms with Gasteiger partial charge >= 0.3 is 0 Å². The molecule has 5 rings (SSSR count). The van der Waals surface area contributed by atoms with E-state index in [0.717, 1.165) is 52.9 Å².